The third-order valence-corrected chi connectivity index (χ3v) is 4.94. The fraction of sp³-hybridized carbons (Fsp3) is 0.500. The van der Waals surface area contributed by atoms with Gasteiger partial charge in [-0.15, -0.1) is 0 Å². The minimum absolute atomic E-state index is 0.0974. The Morgan fingerprint density at radius 1 is 1.46 bits per heavy atom. The van der Waals surface area contributed by atoms with Crippen molar-refractivity contribution in [1.82, 2.24) is 9.88 Å². The van der Waals surface area contributed by atoms with E-state index in [-0.39, 0.29) is 18.0 Å². The summed E-state index contributed by atoms with van der Waals surface area (Å²) in [6.07, 6.45) is 2.37. The predicted octanol–water partition coefficient (Wildman–Crippen LogP) is 5.01. The molecule has 0 spiro atoms. The Kier molecular flexibility index (Phi) is 4.60. The fourth-order valence-electron chi connectivity index (χ4n) is 3.24. The van der Waals surface area contributed by atoms with Crippen molar-refractivity contribution in [2.24, 2.45) is 0 Å². The Morgan fingerprint density at radius 2 is 2.21 bits per heavy atom. The quantitative estimate of drug-likeness (QED) is 0.774. The van der Waals surface area contributed by atoms with Crippen LogP contribution in [-0.2, 0) is 11.2 Å². The third kappa shape index (κ3) is 3.58. The van der Waals surface area contributed by atoms with Crippen molar-refractivity contribution in [3.8, 4) is 0 Å². The highest BCUT2D eigenvalue weighted by atomic mass is 79.9. The van der Waals surface area contributed by atoms with Crippen LogP contribution in [0.15, 0.2) is 22.8 Å². The standard InChI is InChI=1S/C18H22BrFN2O2/c1-18(2,3)24-17(23)22-8-4-5-12(22)10-14-13-7-6-11(20)9-15(13)21-16(14)19/h6-7,9,12,21H,4-5,8,10H2,1-3H3/t12-/m0/s1. The summed E-state index contributed by atoms with van der Waals surface area (Å²) in [4.78, 5) is 17.4. The number of halogens is 2. The van der Waals surface area contributed by atoms with E-state index in [1.807, 2.05) is 25.7 Å². The van der Waals surface area contributed by atoms with Crippen molar-refractivity contribution in [2.75, 3.05) is 6.54 Å². The van der Waals surface area contributed by atoms with Crippen LogP contribution >= 0.6 is 15.9 Å². The maximum Gasteiger partial charge on any atom is 0.410 e. The molecule has 6 heteroatoms. The van der Waals surface area contributed by atoms with Crippen molar-refractivity contribution in [2.45, 2.75) is 51.7 Å². The van der Waals surface area contributed by atoms with Crippen molar-refractivity contribution >= 4 is 32.9 Å². The zero-order valence-electron chi connectivity index (χ0n) is 14.2. The first-order valence-electron chi connectivity index (χ1n) is 8.20. The molecule has 3 rings (SSSR count). The number of hydrogen-bond acceptors (Lipinski definition) is 2. The second-order valence-electron chi connectivity index (χ2n) is 7.28. The molecule has 24 heavy (non-hydrogen) atoms. The van der Waals surface area contributed by atoms with Crippen LogP contribution in [0.4, 0.5) is 9.18 Å². The third-order valence-electron chi connectivity index (χ3n) is 4.26. The van der Waals surface area contributed by atoms with E-state index in [9.17, 15) is 9.18 Å². The monoisotopic (exact) mass is 396 g/mol. The Bertz CT molecular complexity index is 766. The number of amides is 1. The number of benzene rings is 1. The molecule has 0 unspecified atom stereocenters. The van der Waals surface area contributed by atoms with Gasteiger partial charge in [-0.3, -0.25) is 0 Å². The number of aromatic amines is 1. The van der Waals surface area contributed by atoms with E-state index < -0.39 is 5.60 Å². The molecule has 4 nitrogen and oxygen atoms in total. The molecule has 1 aliphatic heterocycles. The number of likely N-dealkylation sites (tertiary alicyclic amines) is 1. The lowest BCUT2D eigenvalue weighted by Gasteiger charge is -2.28. The highest BCUT2D eigenvalue weighted by molar-refractivity contribution is 9.10. The number of rotatable bonds is 2. The van der Waals surface area contributed by atoms with Crippen LogP contribution in [0, 0.1) is 5.82 Å². The maximum absolute atomic E-state index is 13.4. The van der Waals surface area contributed by atoms with Gasteiger partial charge in [-0.05, 0) is 79.7 Å². The van der Waals surface area contributed by atoms with Gasteiger partial charge in [-0.2, -0.15) is 0 Å². The van der Waals surface area contributed by atoms with Gasteiger partial charge in [0.2, 0.25) is 0 Å². The van der Waals surface area contributed by atoms with E-state index in [1.54, 1.807) is 6.07 Å². The van der Waals surface area contributed by atoms with E-state index in [1.165, 1.54) is 12.1 Å². The van der Waals surface area contributed by atoms with Gasteiger partial charge in [0.15, 0.2) is 0 Å². The molecule has 2 heterocycles. The van der Waals surface area contributed by atoms with Gasteiger partial charge >= 0.3 is 6.09 Å². The zero-order chi connectivity index (χ0) is 17.5. The second-order valence-corrected chi connectivity index (χ2v) is 8.07. The van der Waals surface area contributed by atoms with Crippen molar-refractivity contribution < 1.29 is 13.9 Å². The van der Waals surface area contributed by atoms with E-state index >= 15 is 0 Å². The van der Waals surface area contributed by atoms with Crippen molar-refractivity contribution in [3.05, 3.63) is 34.2 Å². The van der Waals surface area contributed by atoms with Crippen LogP contribution in [0.2, 0.25) is 0 Å². The van der Waals surface area contributed by atoms with Crippen molar-refractivity contribution in [3.63, 3.8) is 0 Å². The summed E-state index contributed by atoms with van der Waals surface area (Å²) in [5.74, 6) is -0.265. The number of nitrogens with one attached hydrogen (secondary N) is 1. The summed E-state index contributed by atoms with van der Waals surface area (Å²) in [5.41, 5.74) is 1.34. The molecular formula is C18H22BrFN2O2. The van der Waals surface area contributed by atoms with Crippen molar-refractivity contribution in [1.29, 1.82) is 0 Å². The topological polar surface area (TPSA) is 45.3 Å². The summed E-state index contributed by atoms with van der Waals surface area (Å²) >= 11 is 3.53. The van der Waals surface area contributed by atoms with Crippen LogP contribution in [0.3, 0.4) is 0 Å². The normalized spacial score (nSPS) is 18.4. The first-order valence-corrected chi connectivity index (χ1v) is 8.99. The number of carbonyl (C=O) groups excluding carboxylic acids is 1. The van der Waals surface area contributed by atoms with Gasteiger partial charge in [0.05, 0.1) is 4.60 Å². The number of fused-ring (bicyclic) bond motifs is 1. The largest absolute Gasteiger partial charge is 0.444 e. The van der Waals surface area contributed by atoms with Gasteiger partial charge in [-0.1, -0.05) is 0 Å². The molecular weight excluding hydrogens is 375 g/mol. The molecule has 1 amide bonds. The molecule has 1 aliphatic rings. The summed E-state index contributed by atoms with van der Waals surface area (Å²) < 4.78 is 19.8. The molecule has 1 aromatic carbocycles. The Morgan fingerprint density at radius 3 is 2.92 bits per heavy atom. The summed E-state index contributed by atoms with van der Waals surface area (Å²) in [7, 11) is 0. The number of carbonyl (C=O) groups is 1. The van der Waals surface area contributed by atoms with Crippen LogP contribution in [-0.4, -0.2) is 34.2 Å². The van der Waals surface area contributed by atoms with Crippen LogP contribution in [0.1, 0.15) is 39.2 Å². The summed E-state index contributed by atoms with van der Waals surface area (Å²) in [6.45, 7) is 6.34. The minimum atomic E-state index is -0.497. The molecule has 2 aromatic rings. The van der Waals surface area contributed by atoms with Gasteiger partial charge in [0, 0.05) is 23.5 Å². The average Bonchev–Trinajstić information content (AvgIpc) is 3.02. The molecule has 1 saturated heterocycles. The number of nitrogens with zero attached hydrogens (tertiary/aromatic N) is 1. The summed E-state index contributed by atoms with van der Waals surface area (Å²) in [5, 5.41) is 0.985. The molecule has 1 N–H and O–H groups in total. The lowest BCUT2D eigenvalue weighted by atomic mass is 10.0. The highest BCUT2D eigenvalue weighted by Crippen LogP contribution is 2.32. The average molecular weight is 397 g/mol. The summed E-state index contributed by atoms with van der Waals surface area (Å²) in [6, 6.07) is 4.84. The van der Waals surface area contributed by atoms with Gasteiger partial charge < -0.3 is 14.6 Å². The molecule has 1 fully saturated rings. The van der Waals surface area contributed by atoms with E-state index in [0.717, 1.165) is 33.9 Å². The number of H-pyrrole nitrogens is 1. The van der Waals surface area contributed by atoms with Crippen LogP contribution in [0.25, 0.3) is 10.9 Å². The molecule has 0 radical (unpaired) electrons. The SMILES string of the molecule is CC(C)(C)OC(=O)N1CCC[C@H]1Cc1c(Br)[nH]c2cc(F)ccc12. The lowest BCUT2D eigenvalue weighted by Crippen LogP contribution is -2.40. The smallest absolute Gasteiger partial charge is 0.410 e. The predicted molar refractivity (Wildman–Crippen MR) is 95.6 cm³/mol. The molecule has 0 saturated carbocycles. The first-order chi connectivity index (χ1) is 11.2. The second kappa shape index (κ2) is 6.39. The molecule has 0 aliphatic carbocycles. The Balaban J connectivity index is 1.82. The van der Waals surface area contributed by atoms with Crippen LogP contribution < -0.4 is 0 Å². The fourth-order valence-corrected chi connectivity index (χ4v) is 3.83. The van der Waals surface area contributed by atoms with E-state index in [2.05, 4.69) is 20.9 Å². The van der Waals surface area contributed by atoms with Crippen LogP contribution in [0.5, 0.6) is 0 Å². The zero-order valence-corrected chi connectivity index (χ0v) is 15.7. The Labute approximate surface area is 149 Å². The maximum atomic E-state index is 13.4. The molecule has 1 aromatic heterocycles. The Hall–Kier alpha value is -1.56. The minimum Gasteiger partial charge on any atom is -0.444 e. The van der Waals surface area contributed by atoms with Gasteiger partial charge in [0.1, 0.15) is 11.4 Å². The van der Waals surface area contributed by atoms with Gasteiger partial charge in [-0.25, -0.2) is 9.18 Å². The lowest BCUT2D eigenvalue weighted by molar-refractivity contribution is 0.0227. The first kappa shape index (κ1) is 17.3. The number of hydrogen-bond donors (Lipinski definition) is 1. The highest BCUT2D eigenvalue weighted by Gasteiger charge is 2.33. The van der Waals surface area contributed by atoms with Gasteiger partial charge in [0.25, 0.3) is 0 Å². The molecule has 130 valence electrons. The molecule has 1 atom stereocenters. The molecule has 0 bridgehead atoms. The number of ether oxygens (including phenoxy) is 1. The van der Waals surface area contributed by atoms with E-state index in [0.29, 0.717) is 13.0 Å². The number of aromatic nitrogens is 1. The van der Waals surface area contributed by atoms with E-state index in [4.69, 9.17) is 4.74 Å².